The summed E-state index contributed by atoms with van der Waals surface area (Å²) in [6.07, 6.45) is 2.40. The van der Waals surface area contributed by atoms with Gasteiger partial charge in [-0.2, -0.15) is 0 Å². The fourth-order valence-electron chi connectivity index (χ4n) is 2.81. The van der Waals surface area contributed by atoms with Crippen LogP contribution < -0.4 is 5.32 Å². The van der Waals surface area contributed by atoms with Crippen molar-refractivity contribution >= 4 is 0 Å². The molecule has 0 saturated heterocycles. The molecular formula is C16H26N2. The molecule has 0 radical (unpaired) electrons. The quantitative estimate of drug-likeness (QED) is 0.877. The maximum absolute atomic E-state index is 3.45. The van der Waals surface area contributed by atoms with Gasteiger partial charge in [0.05, 0.1) is 0 Å². The highest BCUT2D eigenvalue weighted by Gasteiger charge is 2.18. The van der Waals surface area contributed by atoms with Gasteiger partial charge in [-0.15, -0.1) is 0 Å². The Morgan fingerprint density at radius 1 is 1.11 bits per heavy atom. The van der Waals surface area contributed by atoms with Gasteiger partial charge >= 0.3 is 0 Å². The standard InChI is InChI=1S/C16H26N2/c1-13(2)16(17-3)12-18-10-8-14-6-4-5-7-15(14)9-11-18/h4-7,13,16-17H,8-12H2,1-3H3. The van der Waals surface area contributed by atoms with Crippen molar-refractivity contribution in [1.29, 1.82) is 0 Å². The van der Waals surface area contributed by atoms with Gasteiger partial charge in [-0.1, -0.05) is 38.1 Å². The molecule has 2 nitrogen and oxygen atoms in total. The monoisotopic (exact) mass is 246 g/mol. The van der Waals surface area contributed by atoms with E-state index >= 15 is 0 Å². The predicted molar refractivity (Wildman–Crippen MR) is 78.0 cm³/mol. The minimum Gasteiger partial charge on any atom is -0.315 e. The van der Waals surface area contributed by atoms with Crippen molar-refractivity contribution in [3.8, 4) is 0 Å². The van der Waals surface area contributed by atoms with Gasteiger partial charge in [-0.25, -0.2) is 0 Å². The van der Waals surface area contributed by atoms with E-state index in [0.29, 0.717) is 12.0 Å². The number of fused-ring (bicyclic) bond motifs is 1. The molecule has 18 heavy (non-hydrogen) atoms. The normalized spacial score (nSPS) is 18.4. The van der Waals surface area contributed by atoms with Crippen molar-refractivity contribution in [2.75, 3.05) is 26.7 Å². The molecule has 0 fully saturated rings. The zero-order chi connectivity index (χ0) is 13.0. The molecule has 1 atom stereocenters. The molecule has 0 amide bonds. The van der Waals surface area contributed by atoms with Crippen LogP contribution in [-0.4, -0.2) is 37.6 Å². The first kappa shape index (κ1) is 13.6. The molecule has 2 heteroatoms. The second kappa shape index (κ2) is 6.35. The zero-order valence-corrected chi connectivity index (χ0v) is 11.9. The van der Waals surface area contributed by atoms with Crippen LogP contribution in [0.3, 0.4) is 0 Å². The summed E-state index contributed by atoms with van der Waals surface area (Å²) < 4.78 is 0. The Labute approximate surface area is 111 Å². The molecule has 0 spiro atoms. The Morgan fingerprint density at radius 3 is 2.11 bits per heavy atom. The van der Waals surface area contributed by atoms with Crippen LogP contribution in [0.4, 0.5) is 0 Å². The summed E-state index contributed by atoms with van der Waals surface area (Å²) in [5.41, 5.74) is 3.09. The maximum atomic E-state index is 3.45. The topological polar surface area (TPSA) is 15.3 Å². The zero-order valence-electron chi connectivity index (χ0n) is 11.9. The van der Waals surface area contributed by atoms with E-state index in [1.54, 1.807) is 11.1 Å². The van der Waals surface area contributed by atoms with Gasteiger partial charge in [0.15, 0.2) is 0 Å². The molecule has 100 valence electrons. The van der Waals surface area contributed by atoms with Crippen LogP contribution in [0.15, 0.2) is 24.3 Å². The van der Waals surface area contributed by atoms with Crippen molar-refractivity contribution < 1.29 is 0 Å². The first-order chi connectivity index (χ1) is 8.70. The third-order valence-corrected chi connectivity index (χ3v) is 4.14. The average Bonchev–Trinajstić information content (AvgIpc) is 2.58. The lowest BCUT2D eigenvalue weighted by molar-refractivity contribution is 0.231. The summed E-state index contributed by atoms with van der Waals surface area (Å²) in [6.45, 7) is 8.16. The summed E-state index contributed by atoms with van der Waals surface area (Å²) in [4.78, 5) is 2.61. The van der Waals surface area contributed by atoms with E-state index in [4.69, 9.17) is 0 Å². The largest absolute Gasteiger partial charge is 0.315 e. The molecule has 1 N–H and O–H groups in total. The van der Waals surface area contributed by atoms with Crippen molar-refractivity contribution in [3.63, 3.8) is 0 Å². The number of rotatable bonds is 4. The fraction of sp³-hybridized carbons (Fsp3) is 0.625. The second-order valence-electron chi connectivity index (χ2n) is 5.71. The van der Waals surface area contributed by atoms with E-state index in [0.717, 1.165) is 0 Å². The first-order valence-corrected chi connectivity index (χ1v) is 7.17. The minimum absolute atomic E-state index is 0.603. The molecule has 1 aliphatic rings. The number of benzene rings is 1. The lowest BCUT2D eigenvalue weighted by Crippen LogP contribution is -2.43. The molecule has 0 aromatic heterocycles. The summed E-state index contributed by atoms with van der Waals surface area (Å²) in [5.74, 6) is 0.695. The van der Waals surface area contributed by atoms with Crippen LogP contribution in [0.1, 0.15) is 25.0 Å². The molecule has 1 heterocycles. The summed E-state index contributed by atoms with van der Waals surface area (Å²) in [5, 5.41) is 3.45. The Bertz CT molecular complexity index is 346. The lowest BCUT2D eigenvalue weighted by atomic mass is 10.0. The highest BCUT2D eigenvalue weighted by molar-refractivity contribution is 5.28. The van der Waals surface area contributed by atoms with E-state index in [9.17, 15) is 0 Å². The Morgan fingerprint density at radius 2 is 1.67 bits per heavy atom. The number of likely N-dealkylation sites (N-methyl/N-ethyl adjacent to an activating group) is 1. The van der Waals surface area contributed by atoms with E-state index in [-0.39, 0.29) is 0 Å². The number of nitrogens with zero attached hydrogens (tertiary/aromatic N) is 1. The Kier molecular flexibility index (Phi) is 4.79. The molecule has 0 saturated carbocycles. The summed E-state index contributed by atoms with van der Waals surface area (Å²) in [6, 6.07) is 9.51. The minimum atomic E-state index is 0.603. The Hall–Kier alpha value is -0.860. The molecular weight excluding hydrogens is 220 g/mol. The molecule has 1 aromatic rings. The van der Waals surface area contributed by atoms with E-state index in [1.807, 2.05) is 0 Å². The highest BCUT2D eigenvalue weighted by atomic mass is 15.1. The molecule has 2 rings (SSSR count). The van der Waals surface area contributed by atoms with Gasteiger partial charge < -0.3 is 10.2 Å². The van der Waals surface area contributed by atoms with Crippen LogP contribution in [-0.2, 0) is 12.8 Å². The SMILES string of the molecule is CNC(CN1CCc2ccccc2CC1)C(C)C. The number of hydrogen-bond donors (Lipinski definition) is 1. The van der Waals surface area contributed by atoms with Gasteiger partial charge in [0.2, 0.25) is 0 Å². The second-order valence-corrected chi connectivity index (χ2v) is 5.71. The van der Waals surface area contributed by atoms with Gasteiger partial charge in [0, 0.05) is 25.7 Å². The van der Waals surface area contributed by atoms with Crippen LogP contribution in [0, 0.1) is 5.92 Å². The van der Waals surface area contributed by atoms with E-state index < -0.39 is 0 Å². The summed E-state index contributed by atoms with van der Waals surface area (Å²) >= 11 is 0. The van der Waals surface area contributed by atoms with Crippen LogP contribution >= 0.6 is 0 Å². The molecule has 0 aliphatic carbocycles. The van der Waals surface area contributed by atoms with E-state index in [1.165, 1.54) is 32.5 Å². The highest BCUT2D eigenvalue weighted by Crippen LogP contribution is 2.16. The summed E-state index contributed by atoms with van der Waals surface area (Å²) in [7, 11) is 2.08. The van der Waals surface area contributed by atoms with Gasteiger partial charge in [0.1, 0.15) is 0 Å². The molecule has 1 unspecified atom stereocenters. The maximum Gasteiger partial charge on any atom is 0.0214 e. The number of hydrogen-bond acceptors (Lipinski definition) is 2. The van der Waals surface area contributed by atoms with Crippen molar-refractivity contribution in [2.45, 2.75) is 32.7 Å². The van der Waals surface area contributed by atoms with Crippen molar-refractivity contribution in [2.24, 2.45) is 5.92 Å². The average molecular weight is 246 g/mol. The number of nitrogens with one attached hydrogen (secondary N) is 1. The third-order valence-electron chi connectivity index (χ3n) is 4.14. The third kappa shape index (κ3) is 3.33. The molecule has 0 bridgehead atoms. The lowest BCUT2D eigenvalue weighted by Gasteiger charge is -2.28. The van der Waals surface area contributed by atoms with Crippen LogP contribution in [0.2, 0.25) is 0 Å². The predicted octanol–water partition coefficient (Wildman–Crippen LogP) is 2.33. The van der Waals surface area contributed by atoms with Gasteiger partial charge in [0.25, 0.3) is 0 Å². The van der Waals surface area contributed by atoms with Crippen LogP contribution in [0.5, 0.6) is 0 Å². The fourth-order valence-corrected chi connectivity index (χ4v) is 2.81. The van der Waals surface area contributed by atoms with Gasteiger partial charge in [-0.3, -0.25) is 0 Å². The van der Waals surface area contributed by atoms with Crippen molar-refractivity contribution in [3.05, 3.63) is 35.4 Å². The Balaban J connectivity index is 1.95. The first-order valence-electron chi connectivity index (χ1n) is 7.17. The van der Waals surface area contributed by atoms with E-state index in [2.05, 4.69) is 55.4 Å². The van der Waals surface area contributed by atoms with Crippen molar-refractivity contribution in [1.82, 2.24) is 10.2 Å². The van der Waals surface area contributed by atoms with Gasteiger partial charge in [-0.05, 0) is 36.9 Å². The smallest absolute Gasteiger partial charge is 0.0214 e. The van der Waals surface area contributed by atoms with Crippen LogP contribution in [0.25, 0.3) is 0 Å². The molecule has 1 aromatic carbocycles. The molecule has 1 aliphatic heterocycles.